The molecule has 1 aliphatic heterocycles. The zero-order chi connectivity index (χ0) is 13.2. The van der Waals surface area contributed by atoms with Crippen LogP contribution in [0.4, 0.5) is 0 Å². The Morgan fingerprint density at radius 3 is 2.68 bits per heavy atom. The Hall–Kier alpha value is -1.36. The van der Waals surface area contributed by atoms with E-state index in [4.69, 9.17) is 10.2 Å². The van der Waals surface area contributed by atoms with E-state index in [-0.39, 0.29) is 0 Å². The predicted molar refractivity (Wildman–Crippen MR) is 76.9 cm³/mol. The van der Waals surface area contributed by atoms with E-state index in [0.29, 0.717) is 6.54 Å². The maximum atomic E-state index is 5.93. The van der Waals surface area contributed by atoms with E-state index in [9.17, 15) is 0 Å². The van der Waals surface area contributed by atoms with Gasteiger partial charge in [-0.15, -0.1) is 0 Å². The molecule has 1 aromatic heterocycles. The molecule has 2 N–H and O–H groups in total. The van der Waals surface area contributed by atoms with Crippen LogP contribution in [0.1, 0.15) is 11.3 Å². The second kappa shape index (κ2) is 5.33. The first kappa shape index (κ1) is 12.7. The van der Waals surface area contributed by atoms with Crippen LogP contribution in [0.25, 0.3) is 11.0 Å². The number of nitrogens with two attached hydrogens (primary N) is 1. The number of hydrogen-bond acceptors (Lipinski definition) is 4. The Bertz CT molecular complexity index is 556. The molecule has 1 saturated heterocycles. The van der Waals surface area contributed by atoms with Gasteiger partial charge in [0, 0.05) is 38.1 Å². The smallest absolute Gasteiger partial charge is 0.134 e. The fraction of sp³-hybridized carbons (Fsp3) is 0.467. The molecule has 3 rings (SSSR count). The predicted octanol–water partition coefficient (Wildman–Crippen LogP) is 1.64. The zero-order valence-corrected chi connectivity index (χ0v) is 11.4. The molecule has 4 nitrogen and oxygen atoms in total. The van der Waals surface area contributed by atoms with Gasteiger partial charge in [0.05, 0.1) is 6.54 Å². The van der Waals surface area contributed by atoms with Crippen LogP contribution in [-0.2, 0) is 13.1 Å². The van der Waals surface area contributed by atoms with Gasteiger partial charge < -0.3 is 15.1 Å². The fourth-order valence-corrected chi connectivity index (χ4v) is 2.56. The SMILES string of the molecule is CN1CCN(Cc2cc3ccc(CN)cc3o2)CC1. The van der Waals surface area contributed by atoms with Gasteiger partial charge >= 0.3 is 0 Å². The Balaban J connectivity index is 1.74. The van der Waals surface area contributed by atoms with Crippen molar-refractivity contribution in [1.82, 2.24) is 9.80 Å². The molecule has 0 unspecified atom stereocenters. The minimum Gasteiger partial charge on any atom is -0.460 e. The summed E-state index contributed by atoms with van der Waals surface area (Å²) >= 11 is 0. The molecule has 0 amide bonds. The van der Waals surface area contributed by atoms with E-state index in [0.717, 1.165) is 49.6 Å². The first-order valence-electron chi connectivity index (χ1n) is 6.87. The average molecular weight is 259 g/mol. The van der Waals surface area contributed by atoms with Gasteiger partial charge in [-0.05, 0) is 24.7 Å². The van der Waals surface area contributed by atoms with Gasteiger partial charge in [-0.3, -0.25) is 4.90 Å². The molecule has 4 heteroatoms. The Morgan fingerprint density at radius 2 is 1.95 bits per heavy atom. The fourth-order valence-electron chi connectivity index (χ4n) is 2.56. The third-order valence-corrected chi connectivity index (χ3v) is 3.85. The molecule has 2 aromatic rings. The molecule has 102 valence electrons. The van der Waals surface area contributed by atoms with Gasteiger partial charge in [0.1, 0.15) is 11.3 Å². The van der Waals surface area contributed by atoms with E-state index >= 15 is 0 Å². The van der Waals surface area contributed by atoms with Crippen molar-refractivity contribution in [3.05, 3.63) is 35.6 Å². The first-order valence-corrected chi connectivity index (χ1v) is 6.87. The molecule has 0 atom stereocenters. The summed E-state index contributed by atoms with van der Waals surface area (Å²) in [5, 5.41) is 1.17. The molecular formula is C15H21N3O. The van der Waals surface area contributed by atoms with Gasteiger partial charge in [0.25, 0.3) is 0 Å². The van der Waals surface area contributed by atoms with Gasteiger partial charge in [-0.1, -0.05) is 12.1 Å². The van der Waals surface area contributed by atoms with Crippen molar-refractivity contribution >= 4 is 11.0 Å². The number of hydrogen-bond donors (Lipinski definition) is 1. The van der Waals surface area contributed by atoms with Crippen LogP contribution < -0.4 is 5.73 Å². The molecule has 0 saturated carbocycles. The molecule has 2 heterocycles. The monoisotopic (exact) mass is 259 g/mol. The van der Waals surface area contributed by atoms with E-state index in [1.165, 1.54) is 5.39 Å². The molecule has 1 fully saturated rings. The van der Waals surface area contributed by atoms with E-state index in [1.807, 2.05) is 6.07 Å². The standard InChI is InChI=1S/C15H21N3O/c1-17-4-6-18(7-5-17)11-14-9-13-3-2-12(10-16)8-15(13)19-14/h2-3,8-9H,4-7,10-11,16H2,1H3. The van der Waals surface area contributed by atoms with E-state index in [2.05, 4.69) is 35.0 Å². The number of rotatable bonds is 3. The molecule has 0 aliphatic carbocycles. The third-order valence-electron chi connectivity index (χ3n) is 3.85. The molecule has 19 heavy (non-hydrogen) atoms. The summed E-state index contributed by atoms with van der Waals surface area (Å²) in [7, 11) is 2.17. The molecule has 0 radical (unpaired) electrons. The lowest BCUT2D eigenvalue weighted by Gasteiger charge is -2.31. The highest BCUT2D eigenvalue weighted by Gasteiger charge is 2.15. The van der Waals surface area contributed by atoms with Crippen LogP contribution >= 0.6 is 0 Å². The number of fused-ring (bicyclic) bond motifs is 1. The summed E-state index contributed by atoms with van der Waals surface area (Å²) in [6, 6.07) is 8.35. The topological polar surface area (TPSA) is 45.6 Å². The molecular weight excluding hydrogens is 238 g/mol. The van der Waals surface area contributed by atoms with Gasteiger partial charge in [-0.2, -0.15) is 0 Å². The summed E-state index contributed by atoms with van der Waals surface area (Å²) in [4.78, 5) is 4.81. The van der Waals surface area contributed by atoms with Gasteiger partial charge in [0.15, 0.2) is 0 Å². The lowest BCUT2D eigenvalue weighted by atomic mass is 10.2. The molecule has 1 aromatic carbocycles. The van der Waals surface area contributed by atoms with Crippen molar-refractivity contribution < 1.29 is 4.42 Å². The molecule has 0 bridgehead atoms. The number of furan rings is 1. The Kier molecular flexibility index (Phi) is 3.55. The lowest BCUT2D eigenvalue weighted by Crippen LogP contribution is -2.43. The van der Waals surface area contributed by atoms with Crippen molar-refractivity contribution in [1.29, 1.82) is 0 Å². The summed E-state index contributed by atoms with van der Waals surface area (Å²) < 4.78 is 5.93. The largest absolute Gasteiger partial charge is 0.460 e. The highest BCUT2D eigenvalue weighted by molar-refractivity contribution is 5.78. The van der Waals surface area contributed by atoms with Gasteiger partial charge in [0.2, 0.25) is 0 Å². The van der Waals surface area contributed by atoms with E-state index in [1.54, 1.807) is 0 Å². The number of piperazine rings is 1. The summed E-state index contributed by atoms with van der Waals surface area (Å²) in [6.07, 6.45) is 0. The zero-order valence-electron chi connectivity index (χ0n) is 11.4. The van der Waals surface area contributed by atoms with Crippen LogP contribution in [0.2, 0.25) is 0 Å². The van der Waals surface area contributed by atoms with Crippen LogP contribution in [-0.4, -0.2) is 43.0 Å². The normalized spacial score (nSPS) is 18.2. The molecule has 1 aliphatic rings. The van der Waals surface area contributed by atoms with Crippen LogP contribution in [0, 0.1) is 0 Å². The van der Waals surface area contributed by atoms with Crippen molar-refractivity contribution in [3.8, 4) is 0 Å². The minimum absolute atomic E-state index is 0.560. The lowest BCUT2D eigenvalue weighted by molar-refractivity contribution is 0.141. The van der Waals surface area contributed by atoms with Gasteiger partial charge in [-0.25, -0.2) is 0 Å². The van der Waals surface area contributed by atoms with Crippen LogP contribution in [0.3, 0.4) is 0 Å². The number of nitrogens with zero attached hydrogens (tertiary/aromatic N) is 2. The maximum absolute atomic E-state index is 5.93. The highest BCUT2D eigenvalue weighted by Crippen LogP contribution is 2.22. The van der Waals surface area contributed by atoms with E-state index < -0.39 is 0 Å². The minimum atomic E-state index is 0.560. The number of likely N-dealkylation sites (N-methyl/N-ethyl adjacent to an activating group) is 1. The van der Waals surface area contributed by atoms with Crippen molar-refractivity contribution in [2.45, 2.75) is 13.1 Å². The van der Waals surface area contributed by atoms with Crippen molar-refractivity contribution in [2.75, 3.05) is 33.2 Å². The third kappa shape index (κ3) is 2.81. The molecule has 0 spiro atoms. The van der Waals surface area contributed by atoms with Crippen LogP contribution in [0.15, 0.2) is 28.7 Å². The Morgan fingerprint density at radius 1 is 1.16 bits per heavy atom. The quantitative estimate of drug-likeness (QED) is 0.910. The second-order valence-corrected chi connectivity index (χ2v) is 5.37. The summed E-state index contributed by atoms with van der Waals surface area (Å²) in [6.45, 7) is 5.96. The van der Waals surface area contributed by atoms with Crippen molar-refractivity contribution in [2.24, 2.45) is 5.73 Å². The van der Waals surface area contributed by atoms with Crippen LogP contribution in [0.5, 0.6) is 0 Å². The summed E-state index contributed by atoms with van der Waals surface area (Å²) in [5.41, 5.74) is 7.73. The number of benzene rings is 1. The van der Waals surface area contributed by atoms with Crippen molar-refractivity contribution in [3.63, 3.8) is 0 Å². The maximum Gasteiger partial charge on any atom is 0.134 e. The highest BCUT2D eigenvalue weighted by atomic mass is 16.3. The first-order chi connectivity index (χ1) is 9.24. The average Bonchev–Trinajstić information content (AvgIpc) is 2.82. The second-order valence-electron chi connectivity index (χ2n) is 5.37. The summed E-state index contributed by atoms with van der Waals surface area (Å²) in [5.74, 6) is 1.05. The Labute approximate surface area is 113 Å².